The summed E-state index contributed by atoms with van der Waals surface area (Å²) < 4.78 is 5.62. The second-order valence-electron chi connectivity index (χ2n) is 9.43. The highest BCUT2D eigenvalue weighted by Crippen LogP contribution is 2.19. The molecular weight excluding hydrogens is 344 g/mol. The van der Waals surface area contributed by atoms with Gasteiger partial charge in [0.05, 0.1) is 0 Å². The van der Waals surface area contributed by atoms with Crippen LogP contribution in [0.25, 0.3) is 0 Å². The molecule has 0 amide bonds. The maximum atomic E-state index is 5.62. The molecule has 0 aromatic carbocycles. The minimum atomic E-state index is 0.139. The maximum Gasteiger partial charge on any atom is 0.146 e. The normalized spacial score (nSPS) is 12.1. The molecule has 1 nitrogen and oxygen atoms in total. The second-order valence-corrected chi connectivity index (χ2v) is 9.84. The molecule has 0 saturated carbocycles. The van der Waals surface area contributed by atoms with Crippen LogP contribution < -0.4 is 0 Å². The summed E-state index contributed by atoms with van der Waals surface area (Å²) in [5, 5.41) is 0. The average Bonchev–Trinajstić information content (AvgIpc) is 2.66. The topological polar surface area (TPSA) is 9.23 Å². The molecule has 164 valence electrons. The van der Waals surface area contributed by atoms with Gasteiger partial charge < -0.3 is 4.43 Å². The summed E-state index contributed by atoms with van der Waals surface area (Å²) >= 11 is 0. The van der Waals surface area contributed by atoms with E-state index in [0.29, 0.717) is 0 Å². The van der Waals surface area contributed by atoms with Gasteiger partial charge in [-0.1, -0.05) is 135 Å². The Hall–Kier alpha value is 0.177. The molecular formula is C25H54OSi. The first-order chi connectivity index (χ1) is 13.1. The first-order valence-corrected chi connectivity index (χ1v) is 13.5. The van der Waals surface area contributed by atoms with Crippen molar-refractivity contribution in [1.29, 1.82) is 0 Å². The molecule has 0 heterocycles. The quantitative estimate of drug-likeness (QED) is 0.132. The maximum absolute atomic E-state index is 5.62. The lowest BCUT2D eigenvalue weighted by atomic mass is 9.99. The van der Waals surface area contributed by atoms with Crippen LogP contribution in [0, 0.1) is 0 Å². The smallest absolute Gasteiger partial charge is 0.146 e. The van der Waals surface area contributed by atoms with Gasteiger partial charge in [-0.3, -0.25) is 0 Å². The van der Waals surface area contributed by atoms with Crippen LogP contribution in [0.2, 0.25) is 0 Å². The molecule has 0 radical (unpaired) electrons. The predicted octanol–water partition coefficient (Wildman–Crippen LogP) is 8.27. The van der Waals surface area contributed by atoms with Gasteiger partial charge in [0.1, 0.15) is 10.5 Å². The number of hydrogen-bond donors (Lipinski definition) is 0. The van der Waals surface area contributed by atoms with E-state index >= 15 is 0 Å². The molecule has 0 spiro atoms. The zero-order valence-electron chi connectivity index (χ0n) is 19.8. The Balaban J connectivity index is 3.05. The molecule has 0 unspecified atom stereocenters. The van der Waals surface area contributed by atoms with Crippen molar-refractivity contribution in [3.05, 3.63) is 0 Å². The van der Waals surface area contributed by atoms with Gasteiger partial charge in [0.2, 0.25) is 0 Å². The van der Waals surface area contributed by atoms with Crippen LogP contribution >= 0.6 is 0 Å². The third-order valence-electron chi connectivity index (χ3n) is 6.18. The summed E-state index contributed by atoms with van der Waals surface area (Å²) in [5.41, 5.74) is 0.139. The molecule has 2 heteroatoms. The third kappa shape index (κ3) is 22.3. The van der Waals surface area contributed by atoms with E-state index in [-0.39, 0.29) is 5.60 Å². The lowest BCUT2D eigenvalue weighted by Crippen LogP contribution is -2.22. The van der Waals surface area contributed by atoms with E-state index in [1.807, 2.05) is 0 Å². The summed E-state index contributed by atoms with van der Waals surface area (Å²) in [5.74, 6) is 0. The lowest BCUT2D eigenvalue weighted by molar-refractivity contribution is 0.109. The molecule has 0 aliphatic carbocycles. The van der Waals surface area contributed by atoms with Crippen LogP contribution in [0.5, 0.6) is 0 Å². The van der Waals surface area contributed by atoms with Crippen molar-refractivity contribution < 1.29 is 4.43 Å². The van der Waals surface area contributed by atoms with Crippen LogP contribution in [-0.2, 0) is 4.43 Å². The van der Waals surface area contributed by atoms with Crippen LogP contribution in [0.1, 0.15) is 156 Å². The molecule has 0 aromatic rings. The van der Waals surface area contributed by atoms with Crippen molar-refractivity contribution in [2.45, 2.75) is 161 Å². The molecule has 0 aliphatic rings. The van der Waals surface area contributed by atoms with E-state index in [9.17, 15) is 0 Å². The Morgan fingerprint density at radius 3 is 1.00 bits per heavy atom. The van der Waals surface area contributed by atoms with Crippen LogP contribution in [0.3, 0.4) is 0 Å². The van der Waals surface area contributed by atoms with E-state index in [1.54, 1.807) is 0 Å². The Kier molecular flexibility index (Phi) is 21.0. The lowest BCUT2D eigenvalue weighted by Gasteiger charge is -2.23. The first kappa shape index (κ1) is 27.2. The summed E-state index contributed by atoms with van der Waals surface area (Å²) in [6.07, 6.45) is 30.3. The zero-order valence-corrected chi connectivity index (χ0v) is 21.8. The van der Waals surface area contributed by atoms with E-state index < -0.39 is 0 Å². The zero-order chi connectivity index (χ0) is 20.1. The SMILES string of the molecule is CCCCCCCCCCCCCCCCCCCCCCC(C)(C)O[SiH3]. The van der Waals surface area contributed by atoms with E-state index in [1.165, 1.54) is 135 Å². The van der Waals surface area contributed by atoms with Gasteiger partial charge in [0.15, 0.2) is 0 Å². The van der Waals surface area contributed by atoms with Crippen molar-refractivity contribution in [1.82, 2.24) is 0 Å². The number of rotatable bonds is 22. The van der Waals surface area contributed by atoms with Crippen LogP contribution in [0.15, 0.2) is 0 Å². The number of unbranched alkanes of at least 4 members (excludes halogenated alkanes) is 19. The Morgan fingerprint density at radius 2 is 0.741 bits per heavy atom. The fourth-order valence-electron chi connectivity index (χ4n) is 3.91. The summed E-state index contributed by atoms with van der Waals surface area (Å²) in [6.45, 7) is 6.76. The van der Waals surface area contributed by atoms with Gasteiger partial charge in [0.25, 0.3) is 0 Å². The Bertz CT molecular complexity index is 277. The molecule has 0 bridgehead atoms. The van der Waals surface area contributed by atoms with E-state index in [0.717, 1.165) is 10.5 Å². The largest absolute Gasteiger partial charge is 0.423 e. The molecule has 0 saturated heterocycles. The van der Waals surface area contributed by atoms with E-state index in [4.69, 9.17) is 4.43 Å². The van der Waals surface area contributed by atoms with Crippen molar-refractivity contribution in [3.8, 4) is 0 Å². The fraction of sp³-hybridized carbons (Fsp3) is 1.00. The third-order valence-corrected chi connectivity index (χ3v) is 7.29. The average molecular weight is 399 g/mol. The minimum Gasteiger partial charge on any atom is -0.423 e. The number of hydrogen-bond acceptors (Lipinski definition) is 1. The summed E-state index contributed by atoms with van der Waals surface area (Å²) in [6, 6.07) is 0. The molecule has 0 atom stereocenters. The minimum absolute atomic E-state index is 0.139. The van der Waals surface area contributed by atoms with E-state index in [2.05, 4.69) is 20.8 Å². The molecule has 0 fully saturated rings. The van der Waals surface area contributed by atoms with Gasteiger partial charge >= 0.3 is 0 Å². The summed E-state index contributed by atoms with van der Waals surface area (Å²) in [4.78, 5) is 0. The van der Waals surface area contributed by atoms with Crippen LogP contribution in [0.4, 0.5) is 0 Å². The molecule has 27 heavy (non-hydrogen) atoms. The highest BCUT2D eigenvalue weighted by molar-refractivity contribution is 5.98. The molecule has 0 N–H and O–H groups in total. The van der Waals surface area contributed by atoms with Crippen LogP contribution in [-0.4, -0.2) is 16.1 Å². The monoisotopic (exact) mass is 398 g/mol. The summed E-state index contributed by atoms with van der Waals surface area (Å²) in [7, 11) is 0.868. The highest BCUT2D eigenvalue weighted by Gasteiger charge is 2.13. The molecule has 0 aliphatic heterocycles. The van der Waals surface area contributed by atoms with Crippen molar-refractivity contribution in [3.63, 3.8) is 0 Å². The first-order valence-electron chi connectivity index (χ1n) is 12.7. The standard InChI is InChI=1S/C25H54OSi/c1-4-5-6-7-8-9-10-11-12-13-14-15-16-17-18-19-20-21-22-23-24-25(2,3)26-27/h4-24H2,1-3,27H3. The van der Waals surface area contributed by atoms with Gasteiger partial charge in [-0.25, -0.2) is 0 Å². The van der Waals surface area contributed by atoms with Gasteiger partial charge in [0, 0.05) is 5.60 Å². The second kappa shape index (κ2) is 20.9. The van der Waals surface area contributed by atoms with Gasteiger partial charge in [-0.15, -0.1) is 0 Å². The van der Waals surface area contributed by atoms with Gasteiger partial charge in [-0.05, 0) is 20.3 Å². The Morgan fingerprint density at radius 1 is 0.481 bits per heavy atom. The predicted molar refractivity (Wildman–Crippen MR) is 128 cm³/mol. The van der Waals surface area contributed by atoms with Crippen molar-refractivity contribution in [2.75, 3.05) is 0 Å². The fourth-order valence-corrected chi connectivity index (χ4v) is 4.11. The van der Waals surface area contributed by atoms with Crippen molar-refractivity contribution in [2.24, 2.45) is 0 Å². The molecule has 0 aromatic heterocycles. The molecule has 0 rings (SSSR count). The Labute approximate surface area is 176 Å². The van der Waals surface area contributed by atoms with Gasteiger partial charge in [-0.2, -0.15) is 0 Å². The van der Waals surface area contributed by atoms with Crippen molar-refractivity contribution >= 4 is 10.5 Å². The highest BCUT2D eigenvalue weighted by atomic mass is 28.2.